The number of ketones is 2. The predicted molar refractivity (Wildman–Crippen MR) is 245 cm³/mol. The van der Waals surface area contributed by atoms with Crippen LogP contribution in [0, 0.1) is 5.92 Å². The number of carbonyl (C=O) groups is 6. The summed E-state index contributed by atoms with van der Waals surface area (Å²) in [4.78, 5) is 80.6. The summed E-state index contributed by atoms with van der Waals surface area (Å²) in [6.07, 6.45) is 1.73. The van der Waals surface area contributed by atoms with Gasteiger partial charge in [0.05, 0.1) is 51.2 Å². The number of rotatable bonds is 29. The summed E-state index contributed by atoms with van der Waals surface area (Å²) in [6, 6.07) is 19.5. The first-order valence-corrected chi connectivity index (χ1v) is 22.5. The molecule has 2 aliphatic heterocycles. The van der Waals surface area contributed by atoms with E-state index in [0.29, 0.717) is 24.7 Å². The Balaban J connectivity index is 1.13. The zero-order valence-corrected chi connectivity index (χ0v) is 38.5. The van der Waals surface area contributed by atoms with Gasteiger partial charge in [0.15, 0.2) is 11.6 Å². The van der Waals surface area contributed by atoms with E-state index >= 15 is 0 Å². The highest BCUT2D eigenvalue weighted by Crippen LogP contribution is 2.30. The van der Waals surface area contributed by atoms with Crippen molar-refractivity contribution in [2.75, 3.05) is 46.8 Å². The lowest BCUT2D eigenvalue weighted by atomic mass is 9.93. The van der Waals surface area contributed by atoms with Crippen LogP contribution in [0.1, 0.15) is 57.2 Å². The molecule has 0 aliphatic carbocycles. The van der Waals surface area contributed by atoms with Crippen LogP contribution >= 0.6 is 0 Å². The maximum atomic E-state index is 13.8. The average molecular weight is 915 g/mol. The van der Waals surface area contributed by atoms with Crippen molar-refractivity contribution in [2.24, 2.45) is 17.4 Å². The third kappa shape index (κ3) is 15.8. The Labute approximate surface area is 386 Å². The van der Waals surface area contributed by atoms with Gasteiger partial charge in [-0.1, -0.05) is 86.6 Å². The molecule has 3 aromatic carbocycles. The van der Waals surface area contributed by atoms with Crippen molar-refractivity contribution >= 4 is 35.2 Å². The van der Waals surface area contributed by atoms with Gasteiger partial charge in [-0.15, -0.1) is 0 Å². The van der Waals surface area contributed by atoms with Crippen LogP contribution in [0.15, 0.2) is 84.9 Å². The molecule has 358 valence electrons. The summed E-state index contributed by atoms with van der Waals surface area (Å²) in [5.41, 5.74) is 12.8. The molecule has 0 spiro atoms. The number of benzene rings is 3. The number of hydrogen-bond acceptors (Lipinski definition) is 13. The van der Waals surface area contributed by atoms with E-state index in [4.69, 9.17) is 35.2 Å². The number of Topliss-reactive ketones (excluding diaryl/α,β-unsaturated/α-hetero) is 2. The molecule has 0 saturated carbocycles. The quantitative estimate of drug-likeness (QED) is 0.0427. The van der Waals surface area contributed by atoms with E-state index in [2.05, 4.69) is 21.3 Å². The van der Waals surface area contributed by atoms with E-state index in [9.17, 15) is 28.8 Å². The Hall–Kier alpha value is -5.56. The minimum atomic E-state index is -1.20. The lowest BCUT2D eigenvalue weighted by molar-refractivity contribution is -0.134. The molecule has 1 unspecified atom stereocenters. The molecule has 0 aromatic heterocycles. The molecule has 17 nitrogen and oxygen atoms in total. The number of nitrogens with two attached hydrogens (primary N) is 2. The Kier molecular flexibility index (Phi) is 18.9. The summed E-state index contributed by atoms with van der Waals surface area (Å²) >= 11 is 0. The summed E-state index contributed by atoms with van der Waals surface area (Å²) < 4.78 is 27.4. The van der Waals surface area contributed by atoms with Crippen LogP contribution in [-0.4, -0.2) is 129 Å². The number of carbonyl (C=O) groups excluding carboxylic acids is 6. The second kappa shape index (κ2) is 24.3. The molecule has 17 heteroatoms. The highest BCUT2D eigenvalue weighted by Gasteiger charge is 2.51. The fourth-order valence-electron chi connectivity index (χ4n) is 7.15. The van der Waals surface area contributed by atoms with Gasteiger partial charge in [-0.05, 0) is 74.3 Å². The number of nitrogens with one attached hydrogen (secondary N) is 4. The number of epoxide rings is 2. The molecular formula is C49H66N6O11. The Morgan fingerprint density at radius 3 is 1.59 bits per heavy atom. The predicted octanol–water partition coefficient (Wildman–Crippen LogP) is 1.50. The van der Waals surface area contributed by atoms with E-state index in [-0.39, 0.29) is 63.9 Å². The standard InChI is InChI=1S/C49H66N6O11/c1-31(2)16-21-38(42(56)48(3)29-65-48)52-46(60)40(26-33-14-10-7-11-15-33)54-44(58)36(50)24-34-17-19-35(20-18-34)64-23-22-63-28-41(55-45(59)37(51)27-62-5)47(61)53-39(43(57)49(4)30-66-49)25-32-12-8-6-9-13-32/h6-15,17-20,31,36-41H,16,21-30,50-51H2,1-5H3,(H,52,60)(H,53,61)(H,54,58)(H,55,59)/t36?,37-,38-,39-,40-,41-,48+,49+/m0/s1. The zero-order chi connectivity index (χ0) is 47.9. The molecule has 0 bridgehead atoms. The first-order valence-electron chi connectivity index (χ1n) is 22.5. The number of amides is 4. The van der Waals surface area contributed by atoms with E-state index in [1.54, 1.807) is 38.1 Å². The van der Waals surface area contributed by atoms with Gasteiger partial charge in [0.25, 0.3) is 0 Å². The molecule has 2 heterocycles. The van der Waals surface area contributed by atoms with Crippen molar-refractivity contribution in [3.05, 3.63) is 102 Å². The molecule has 0 radical (unpaired) electrons. The molecule has 4 amide bonds. The SMILES string of the molecule is COC[C@H](N)C(=O)N[C@@H](COCCOc1ccc(CC(N)C(=O)N[C@@H](Cc2ccccc2)C(=O)N[C@@H](CCC(C)C)C(=O)[C@@]2(C)CO2)cc1)C(=O)N[C@@H](Cc1ccccc1)C(=O)[C@@]1(C)CO1. The lowest BCUT2D eigenvalue weighted by Gasteiger charge is -2.25. The molecule has 2 saturated heterocycles. The summed E-state index contributed by atoms with van der Waals surface area (Å²) in [7, 11) is 1.40. The van der Waals surface area contributed by atoms with Gasteiger partial charge < -0.3 is 56.4 Å². The first-order chi connectivity index (χ1) is 31.5. The number of hydrogen-bond donors (Lipinski definition) is 6. The summed E-state index contributed by atoms with van der Waals surface area (Å²) in [6.45, 7) is 7.81. The fourth-order valence-corrected chi connectivity index (χ4v) is 7.15. The van der Waals surface area contributed by atoms with Gasteiger partial charge in [0.2, 0.25) is 23.6 Å². The minimum absolute atomic E-state index is 0.0340. The van der Waals surface area contributed by atoms with Crippen LogP contribution in [0.2, 0.25) is 0 Å². The maximum absolute atomic E-state index is 13.8. The van der Waals surface area contributed by atoms with Crippen LogP contribution in [0.5, 0.6) is 5.75 Å². The molecular weight excluding hydrogens is 849 g/mol. The summed E-state index contributed by atoms with van der Waals surface area (Å²) in [5, 5.41) is 11.1. The molecule has 66 heavy (non-hydrogen) atoms. The van der Waals surface area contributed by atoms with Gasteiger partial charge in [0.1, 0.15) is 41.7 Å². The number of methoxy groups -OCH3 is 1. The molecule has 5 rings (SSSR count). The average Bonchev–Trinajstić information content (AvgIpc) is 4.25. The second-order valence-corrected chi connectivity index (χ2v) is 17.8. The normalized spacial score (nSPS) is 20.1. The highest BCUT2D eigenvalue weighted by atomic mass is 16.6. The van der Waals surface area contributed by atoms with E-state index in [1.165, 1.54) is 7.11 Å². The molecule has 2 aliphatic rings. The third-order valence-electron chi connectivity index (χ3n) is 11.5. The van der Waals surface area contributed by atoms with Crippen LogP contribution in [0.25, 0.3) is 0 Å². The van der Waals surface area contributed by atoms with Crippen molar-refractivity contribution in [1.82, 2.24) is 21.3 Å². The monoisotopic (exact) mass is 914 g/mol. The van der Waals surface area contributed by atoms with Crippen LogP contribution in [0.4, 0.5) is 0 Å². The largest absolute Gasteiger partial charge is 0.491 e. The first kappa shape index (κ1) is 51.4. The third-order valence-corrected chi connectivity index (χ3v) is 11.5. The highest BCUT2D eigenvalue weighted by molar-refractivity contribution is 5.99. The Morgan fingerprint density at radius 2 is 1.05 bits per heavy atom. The smallest absolute Gasteiger partial charge is 0.245 e. The van der Waals surface area contributed by atoms with E-state index in [1.807, 2.05) is 74.5 Å². The van der Waals surface area contributed by atoms with Crippen molar-refractivity contribution < 1.29 is 52.5 Å². The lowest BCUT2D eigenvalue weighted by Crippen LogP contribution is -2.58. The Bertz CT molecular complexity index is 2080. The maximum Gasteiger partial charge on any atom is 0.245 e. The molecule has 8 atom stereocenters. The van der Waals surface area contributed by atoms with Gasteiger partial charge in [0, 0.05) is 13.5 Å². The molecule has 3 aromatic rings. The van der Waals surface area contributed by atoms with Gasteiger partial charge in [-0.3, -0.25) is 28.8 Å². The Morgan fingerprint density at radius 1 is 0.576 bits per heavy atom. The van der Waals surface area contributed by atoms with Crippen LogP contribution < -0.4 is 37.5 Å². The van der Waals surface area contributed by atoms with Crippen molar-refractivity contribution in [3.8, 4) is 5.75 Å². The van der Waals surface area contributed by atoms with Crippen molar-refractivity contribution in [2.45, 2.75) is 107 Å². The van der Waals surface area contributed by atoms with Crippen LogP contribution in [-0.2, 0) is 67.0 Å². The minimum Gasteiger partial charge on any atom is -0.491 e. The second-order valence-electron chi connectivity index (χ2n) is 17.8. The topological polar surface area (TPSA) is 255 Å². The van der Waals surface area contributed by atoms with Gasteiger partial charge in [-0.2, -0.15) is 0 Å². The molecule has 2 fully saturated rings. The van der Waals surface area contributed by atoms with E-state index < -0.39 is 71.1 Å². The van der Waals surface area contributed by atoms with Crippen molar-refractivity contribution in [1.29, 1.82) is 0 Å². The number of ether oxygens (including phenoxy) is 5. The van der Waals surface area contributed by atoms with Gasteiger partial charge >= 0.3 is 0 Å². The zero-order valence-electron chi connectivity index (χ0n) is 38.5. The fraction of sp³-hybridized carbons (Fsp3) is 0.510. The van der Waals surface area contributed by atoms with Crippen molar-refractivity contribution in [3.63, 3.8) is 0 Å². The molecule has 8 N–H and O–H groups in total. The van der Waals surface area contributed by atoms with Crippen LogP contribution in [0.3, 0.4) is 0 Å². The summed E-state index contributed by atoms with van der Waals surface area (Å²) in [5.74, 6) is -1.94. The van der Waals surface area contributed by atoms with E-state index in [0.717, 1.165) is 23.1 Å². The van der Waals surface area contributed by atoms with Gasteiger partial charge in [-0.25, -0.2) is 0 Å².